The Morgan fingerprint density at radius 1 is 1.07 bits per heavy atom. The number of hydrogen-bond acceptors (Lipinski definition) is 4. The summed E-state index contributed by atoms with van der Waals surface area (Å²) in [5, 5.41) is 3.71. The van der Waals surface area contributed by atoms with Crippen LogP contribution in [0.2, 0.25) is 5.02 Å². The molecule has 0 bridgehead atoms. The highest BCUT2D eigenvalue weighted by Crippen LogP contribution is 2.41. The van der Waals surface area contributed by atoms with E-state index < -0.39 is 11.7 Å². The van der Waals surface area contributed by atoms with Crippen LogP contribution in [0.3, 0.4) is 0 Å². The Morgan fingerprint density at radius 2 is 1.86 bits per heavy atom. The lowest BCUT2D eigenvalue weighted by Gasteiger charge is -2.23. The second-order valence-corrected chi connectivity index (χ2v) is 7.02. The molecule has 2 aromatic carbocycles. The van der Waals surface area contributed by atoms with Gasteiger partial charge in [0.25, 0.3) is 0 Å². The molecule has 8 heteroatoms. The first-order valence-corrected chi connectivity index (χ1v) is 9.31. The largest absolute Gasteiger partial charge is 0.493 e. The maximum absolute atomic E-state index is 13.2. The van der Waals surface area contributed by atoms with Crippen molar-refractivity contribution in [3.05, 3.63) is 47.0 Å². The third-order valence-electron chi connectivity index (χ3n) is 4.49. The number of ether oxygens (including phenoxy) is 3. The van der Waals surface area contributed by atoms with Gasteiger partial charge in [0.05, 0.1) is 19.3 Å². The minimum Gasteiger partial charge on any atom is -0.493 e. The van der Waals surface area contributed by atoms with Gasteiger partial charge in [-0.05, 0) is 49.7 Å². The van der Waals surface area contributed by atoms with Gasteiger partial charge in [-0.25, -0.2) is 0 Å². The molecule has 1 fully saturated rings. The van der Waals surface area contributed by atoms with Crippen LogP contribution in [-0.2, 0) is 6.18 Å². The Kier molecular flexibility index (Phi) is 6.57. The molecule has 28 heavy (non-hydrogen) atoms. The zero-order chi connectivity index (χ0) is 20.1. The minimum absolute atomic E-state index is 0.0285. The molecule has 0 saturated carbocycles. The summed E-state index contributed by atoms with van der Waals surface area (Å²) in [4.78, 5) is 0. The number of rotatable bonds is 6. The van der Waals surface area contributed by atoms with Gasteiger partial charge in [-0.3, -0.25) is 0 Å². The highest BCUT2D eigenvalue weighted by Gasteiger charge is 2.32. The molecule has 1 aliphatic heterocycles. The standard InChI is InChI=1S/C20H21ClF3NO3/c1-26-18-10-15(21)5-7-17(18)28-19-9-14(20(22,23)24)4-6-16(19)27-12-13-3-2-8-25-11-13/h4-7,9-10,13,25H,2-3,8,11-12H2,1H3/t13-/m0/s1. The van der Waals surface area contributed by atoms with Gasteiger partial charge >= 0.3 is 6.18 Å². The molecule has 3 rings (SSSR count). The summed E-state index contributed by atoms with van der Waals surface area (Å²) in [6, 6.07) is 7.84. The van der Waals surface area contributed by atoms with Crippen molar-refractivity contribution in [3.63, 3.8) is 0 Å². The smallest absolute Gasteiger partial charge is 0.416 e. The summed E-state index contributed by atoms with van der Waals surface area (Å²) >= 11 is 5.94. The molecule has 0 radical (unpaired) electrons. The molecule has 0 aliphatic carbocycles. The maximum Gasteiger partial charge on any atom is 0.416 e. The lowest BCUT2D eigenvalue weighted by molar-refractivity contribution is -0.137. The molecule has 1 heterocycles. The van der Waals surface area contributed by atoms with Crippen LogP contribution in [0.15, 0.2) is 36.4 Å². The minimum atomic E-state index is -4.49. The van der Waals surface area contributed by atoms with Gasteiger partial charge in [0.2, 0.25) is 0 Å². The van der Waals surface area contributed by atoms with Crippen LogP contribution in [0.5, 0.6) is 23.0 Å². The zero-order valence-corrected chi connectivity index (χ0v) is 16.1. The molecular weight excluding hydrogens is 395 g/mol. The highest BCUT2D eigenvalue weighted by atomic mass is 35.5. The van der Waals surface area contributed by atoms with E-state index in [0.29, 0.717) is 23.3 Å². The molecule has 0 aromatic heterocycles. The summed E-state index contributed by atoms with van der Waals surface area (Å²) in [5.41, 5.74) is -0.817. The third kappa shape index (κ3) is 5.23. The number of alkyl halides is 3. The van der Waals surface area contributed by atoms with E-state index in [0.717, 1.165) is 38.1 Å². The number of benzene rings is 2. The molecular formula is C20H21ClF3NO3. The van der Waals surface area contributed by atoms with E-state index in [2.05, 4.69) is 5.32 Å². The van der Waals surface area contributed by atoms with Crippen molar-refractivity contribution in [2.75, 3.05) is 26.8 Å². The predicted octanol–water partition coefficient (Wildman–Crippen LogP) is 5.54. The van der Waals surface area contributed by atoms with Crippen molar-refractivity contribution in [1.82, 2.24) is 5.32 Å². The predicted molar refractivity (Wildman–Crippen MR) is 101 cm³/mol. The van der Waals surface area contributed by atoms with Gasteiger partial charge in [0.1, 0.15) is 0 Å². The van der Waals surface area contributed by atoms with Gasteiger partial charge < -0.3 is 19.5 Å². The Labute approximate surface area is 166 Å². The topological polar surface area (TPSA) is 39.7 Å². The third-order valence-corrected chi connectivity index (χ3v) is 4.73. The van der Waals surface area contributed by atoms with Crippen LogP contribution < -0.4 is 19.5 Å². The first kappa shape index (κ1) is 20.6. The van der Waals surface area contributed by atoms with E-state index in [4.69, 9.17) is 25.8 Å². The number of methoxy groups -OCH3 is 1. The molecule has 1 N–H and O–H groups in total. The molecule has 152 valence electrons. The van der Waals surface area contributed by atoms with Crippen molar-refractivity contribution in [1.29, 1.82) is 0 Å². The molecule has 4 nitrogen and oxygen atoms in total. The Morgan fingerprint density at radius 3 is 2.54 bits per heavy atom. The fraction of sp³-hybridized carbons (Fsp3) is 0.400. The zero-order valence-electron chi connectivity index (χ0n) is 15.3. The average Bonchev–Trinajstić information content (AvgIpc) is 2.68. The maximum atomic E-state index is 13.2. The van der Waals surface area contributed by atoms with Crippen LogP contribution >= 0.6 is 11.6 Å². The first-order chi connectivity index (χ1) is 13.4. The van der Waals surface area contributed by atoms with Crippen LogP contribution in [0.1, 0.15) is 18.4 Å². The summed E-state index contributed by atoms with van der Waals surface area (Å²) < 4.78 is 56.3. The van der Waals surface area contributed by atoms with Crippen molar-refractivity contribution in [2.45, 2.75) is 19.0 Å². The highest BCUT2D eigenvalue weighted by molar-refractivity contribution is 6.30. The molecule has 1 atom stereocenters. The molecule has 1 saturated heterocycles. The van der Waals surface area contributed by atoms with Crippen LogP contribution in [-0.4, -0.2) is 26.8 Å². The van der Waals surface area contributed by atoms with Gasteiger partial charge in [0.15, 0.2) is 23.0 Å². The molecule has 1 aliphatic rings. The Balaban J connectivity index is 1.87. The summed E-state index contributed by atoms with van der Waals surface area (Å²) in [6.07, 6.45) is -2.44. The van der Waals surface area contributed by atoms with Gasteiger partial charge in [-0.2, -0.15) is 13.2 Å². The monoisotopic (exact) mass is 415 g/mol. The van der Waals surface area contributed by atoms with Crippen LogP contribution in [0.25, 0.3) is 0 Å². The van der Waals surface area contributed by atoms with E-state index in [-0.39, 0.29) is 17.2 Å². The summed E-state index contributed by atoms with van der Waals surface area (Å²) in [7, 11) is 1.43. The Hall–Kier alpha value is -2.12. The molecule has 0 unspecified atom stereocenters. The fourth-order valence-corrected chi connectivity index (χ4v) is 3.16. The Bertz CT molecular complexity index is 808. The fourth-order valence-electron chi connectivity index (χ4n) is 3.00. The SMILES string of the molecule is COc1cc(Cl)ccc1Oc1cc(C(F)(F)F)ccc1OC[C@H]1CCCNC1. The quantitative estimate of drug-likeness (QED) is 0.672. The normalized spacial score (nSPS) is 17.2. The summed E-state index contributed by atoms with van der Waals surface area (Å²) in [5.74, 6) is 1.08. The number of piperidine rings is 1. The summed E-state index contributed by atoms with van der Waals surface area (Å²) in [6.45, 7) is 2.19. The second kappa shape index (κ2) is 8.92. The van der Waals surface area contributed by atoms with Crippen molar-refractivity contribution < 1.29 is 27.4 Å². The number of hydrogen-bond donors (Lipinski definition) is 1. The lowest BCUT2D eigenvalue weighted by atomic mass is 10.0. The van der Waals surface area contributed by atoms with Crippen LogP contribution in [0, 0.1) is 5.92 Å². The second-order valence-electron chi connectivity index (χ2n) is 6.58. The van der Waals surface area contributed by atoms with E-state index in [1.807, 2.05) is 0 Å². The van der Waals surface area contributed by atoms with Crippen molar-refractivity contribution in [3.8, 4) is 23.0 Å². The number of nitrogens with one attached hydrogen (secondary N) is 1. The van der Waals surface area contributed by atoms with E-state index in [9.17, 15) is 13.2 Å². The molecule has 0 amide bonds. The van der Waals surface area contributed by atoms with E-state index >= 15 is 0 Å². The lowest BCUT2D eigenvalue weighted by Crippen LogP contribution is -2.33. The van der Waals surface area contributed by atoms with Crippen molar-refractivity contribution in [2.24, 2.45) is 5.92 Å². The van der Waals surface area contributed by atoms with Gasteiger partial charge in [0, 0.05) is 23.6 Å². The average molecular weight is 416 g/mol. The van der Waals surface area contributed by atoms with Crippen molar-refractivity contribution >= 4 is 11.6 Å². The van der Waals surface area contributed by atoms with E-state index in [1.165, 1.54) is 25.3 Å². The van der Waals surface area contributed by atoms with Gasteiger partial charge in [-0.1, -0.05) is 11.6 Å². The van der Waals surface area contributed by atoms with Crippen LogP contribution in [0.4, 0.5) is 13.2 Å². The first-order valence-electron chi connectivity index (χ1n) is 8.93. The molecule has 2 aromatic rings. The molecule has 0 spiro atoms. The van der Waals surface area contributed by atoms with E-state index in [1.54, 1.807) is 6.07 Å². The van der Waals surface area contributed by atoms with Gasteiger partial charge in [-0.15, -0.1) is 0 Å². The number of halogens is 4.